The molecule has 0 aliphatic carbocycles. The third kappa shape index (κ3) is 3.48. The maximum absolute atomic E-state index is 12.0. The number of hydrogen-bond donors (Lipinski definition) is 1. The van der Waals surface area contributed by atoms with Crippen molar-refractivity contribution in [1.82, 2.24) is 9.80 Å². The summed E-state index contributed by atoms with van der Waals surface area (Å²) >= 11 is 3.49. The second kappa shape index (κ2) is 6.35. The van der Waals surface area contributed by atoms with E-state index in [1.54, 1.807) is 23.9 Å². The van der Waals surface area contributed by atoms with E-state index in [4.69, 9.17) is 0 Å². The van der Waals surface area contributed by atoms with Gasteiger partial charge >= 0.3 is 6.03 Å². The molecule has 1 aliphatic rings. The van der Waals surface area contributed by atoms with Crippen molar-refractivity contribution in [2.45, 2.75) is 18.4 Å². The molecule has 5 nitrogen and oxygen atoms in total. The van der Waals surface area contributed by atoms with E-state index >= 15 is 0 Å². The summed E-state index contributed by atoms with van der Waals surface area (Å²) in [6, 6.07) is 10.2. The van der Waals surface area contributed by atoms with E-state index in [2.05, 4.69) is 27.3 Å². The second-order valence-corrected chi connectivity index (χ2v) is 6.32. The third-order valence-electron chi connectivity index (χ3n) is 3.73. The number of nitrogens with zero attached hydrogens (tertiary/aromatic N) is 3. The first-order valence-electron chi connectivity index (χ1n) is 6.88. The minimum absolute atomic E-state index is 0.00225. The molecular weight excluding hydrogens is 332 g/mol. The van der Waals surface area contributed by atoms with Gasteiger partial charge in [0.1, 0.15) is 5.54 Å². The van der Waals surface area contributed by atoms with Crippen LogP contribution in [0.25, 0.3) is 0 Å². The Morgan fingerprint density at radius 1 is 1.38 bits per heavy atom. The number of hydrogen-bond acceptors (Lipinski definition) is 3. The lowest BCUT2D eigenvalue weighted by molar-refractivity contribution is 0.152. The van der Waals surface area contributed by atoms with Crippen LogP contribution in [0.2, 0.25) is 0 Å². The van der Waals surface area contributed by atoms with E-state index in [9.17, 15) is 10.1 Å². The molecule has 1 fully saturated rings. The summed E-state index contributed by atoms with van der Waals surface area (Å²) < 4.78 is 0.937. The molecule has 0 bridgehead atoms. The SMILES string of the molecule is CN(C)C(=O)N1CCC(C#N)(Nc2ccccc2Br)CC1. The number of halogens is 1. The van der Waals surface area contributed by atoms with E-state index in [0.29, 0.717) is 25.9 Å². The molecule has 6 heteroatoms. The van der Waals surface area contributed by atoms with Crippen LogP contribution in [0.15, 0.2) is 28.7 Å². The van der Waals surface area contributed by atoms with Gasteiger partial charge in [0.15, 0.2) is 0 Å². The molecule has 1 heterocycles. The zero-order valence-electron chi connectivity index (χ0n) is 12.3. The highest BCUT2D eigenvalue weighted by Gasteiger charge is 2.36. The number of piperidine rings is 1. The standard InChI is InChI=1S/C15H19BrN4O/c1-19(2)14(21)20-9-7-15(11-17,8-10-20)18-13-6-4-3-5-12(13)16/h3-6,18H,7-10H2,1-2H3. The number of anilines is 1. The monoisotopic (exact) mass is 350 g/mol. The van der Waals surface area contributed by atoms with Crippen molar-refractivity contribution in [2.24, 2.45) is 0 Å². The van der Waals surface area contributed by atoms with Gasteiger partial charge in [-0.25, -0.2) is 4.79 Å². The summed E-state index contributed by atoms with van der Waals surface area (Å²) in [5, 5.41) is 12.9. The second-order valence-electron chi connectivity index (χ2n) is 5.46. The third-order valence-corrected chi connectivity index (χ3v) is 4.42. The molecule has 112 valence electrons. The highest BCUT2D eigenvalue weighted by Crippen LogP contribution is 2.30. The van der Waals surface area contributed by atoms with Crippen LogP contribution < -0.4 is 5.32 Å². The maximum atomic E-state index is 12.0. The molecule has 0 atom stereocenters. The molecule has 0 unspecified atom stereocenters. The molecule has 0 saturated carbocycles. The van der Waals surface area contributed by atoms with Gasteiger partial charge in [0.2, 0.25) is 0 Å². The van der Waals surface area contributed by atoms with Crippen LogP contribution in [-0.4, -0.2) is 48.6 Å². The number of carbonyl (C=O) groups excluding carboxylic acids is 1. The summed E-state index contributed by atoms with van der Waals surface area (Å²) in [5.74, 6) is 0. The van der Waals surface area contributed by atoms with Crippen LogP contribution in [-0.2, 0) is 0 Å². The molecule has 2 amide bonds. The number of nitrogens with one attached hydrogen (secondary N) is 1. The smallest absolute Gasteiger partial charge is 0.319 e. The Labute approximate surface area is 133 Å². The average molecular weight is 351 g/mol. The summed E-state index contributed by atoms with van der Waals surface area (Å²) in [6.07, 6.45) is 1.23. The topological polar surface area (TPSA) is 59.4 Å². The number of amides is 2. The lowest BCUT2D eigenvalue weighted by atomic mass is 9.88. The fraction of sp³-hybridized carbons (Fsp3) is 0.467. The van der Waals surface area contributed by atoms with E-state index < -0.39 is 5.54 Å². The number of para-hydroxylation sites is 1. The number of likely N-dealkylation sites (tertiary alicyclic amines) is 1. The molecule has 0 radical (unpaired) electrons. The van der Waals surface area contributed by atoms with Gasteiger partial charge in [-0.1, -0.05) is 12.1 Å². The van der Waals surface area contributed by atoms with Gasteiger partial charge in [-0.3, -0.25) is 0 Å². The van der Waals surface area contributed by atoms with Gasteiger partial charge in [-0.2, -0.15) is 5.26 Å². The van der Waals surface area contributed by atoms with Crippen LogP contribution in [0.4, 0.5) is 10.5 Å². The molecule has 21 heavy (non-hydrogen) atoms. The zero-order chi connectivity index (χ0) is 15.5. The predicted octanol–water partition coefficient (Wildman–Crippen LogP) is 2.90. The van der Waals surface area contributed by atoms with Crippen molar-refractivity contribution in [3.8, 4) is 6.07 Å². The fourth-order valence-corrected chi connectivity index (χ4v) is 2.83. The summed E-state index contributed by atoms with van der Waals surface area (Å²) in [7, 11) is 3.49. The number of urea groups is 1. The van der Waals surface area contributed by atoms with Crippen molar-refractivity contribution in [3.63, 3.8) is 0 Å². The van der Waals surface area contributed by atoms with E-state index in [-0.39, 0.29) is 6.03 Å². The Morgan fingerprint density at radius 2 is 2.00 bits per heavy atom. The van der Waals surface area contributed by atoms with Crippen molar-refractivity contribution >= 4 is 27.6 Å². The molecule has 1 saturated heterocycles. The highest BCUT2D eigenvalue weighted by atomic mass is 79.9. The quantitative estimate of drug-likeness (QED) is 0.891. The van der Waals surface area contributed by atoms with Gasteiger partial charge in [0, 0.05) is 50.2 Å². The van der Waals surface area contributed by atoms with Crippen molar-refractivity contribution < 1.29 is 4.79 Å². The first kappa shape index (κ1) is 15.6. The maximum Gasteiger partial charge on any atom is 0.319 e. The molecule has 2 rings (SSSR count). The summed E-state index contributed by atoms with van der Waals surface area (Å²) in [6.45, 7) is 1.17. The number of rotatable bonds is 2. The van der Waals surface area contributed by atoms with Crippen LogP contribution in [0.1, 0.15) is 12.8 Å². The minimum Gasteiger partial charge on any atom is -0.366 e. The minimum atomic E-state index is -0.618. The molecule has 0 spiro atoms. The van der Waals surface area contributed by atoms with Gasteiger partial charge in [0.25, 0.3) is 0 Å². The van der Waals surface area contributed by atoms with E-state index in [1.807, 2.05) is 24.3 Å². The molecular formula is C15H19BrN4O. The number of carbonyl (C=O) groups is 1. The molecule has 0 aromatic heterocycles. The fourth-order valence-electron chi connectivity index (χ4n) is 2.45. The van der Waals surface area contributed by atoms with Gasteiger partial charge in [0.05, 0.1) is 6.07 Å². The van der Waals surface area contributed by atoms with Gasteiger partial charge in [-0.05, 0) is 28.1 Å². The van der Waals surface area contributed by atoms with Crippen LogP contribution in [0.5, 0.6) is 0 Å². The van der Waals surface area contributed by atoms with Crippen molar-refractivity contribution in [3.05, 3.63) is 28.7 Å². The van der Waals surface area contributed by atoms with Gasteiger partial charge in [-0.15, -0.1) is 0 Å². The Bertz CT molecular complexity index is 559. The number of nitriles is 1. The van der Waals surface area contributed by atoms with Crippen LogP contribution >= 0.6 is 15.9 Å². The molecule has 1 N–H and O–H groups in total. The number of benzene rings is 1. The summed E-state index contributed by atoms with van der Waals surface area (Å²) in [5.41, 5.74) is 0.291. The van der Waals surface area contributed by atoms with Crippen LogP contribution in [0.3, 0.4) is 0 Å². The Balaban J connectivity index is 2.07. The predicted molar refractivity (Wildman–Crippen MR) is 86.0 cm³/mol. The lowest BCUT2D eigenvalue weighted by Crippen LogP contribution is -2.52. The normalized spacial score (nSPS) is 17.0. The first-order chi connectivity index (χ1) is 9.97. The first-order valence-corrected chi connectivity index (χ1v) is 7.67. The molecule has 1 aromatic carbocycles. The Hall–Kier alpha value is -1.74. The van der Waals surface area contributed by atoms with Crippen LogP contribution in [0, 0.1) is 11.3 Å². The molecule has 1 aliphatic heterocycles. The van der Waals surface area contributed by atoms with E-state index in [1.165, 1.54) is 0 Å². The van der Waals surface area contributed by atoms with Crippen molar-refractivity contribution in [2.75, 3.05) is 32.5 Å². The highest BCUT2D eigenvalue weighted by molar-refractivity contribution is 9.10. The largest absolute Gasteiger partial charge is 0.366 e. The average Bonchev–Trinajstić information content (AvgIpc) is 2.49. The zero-order valence-corrected chi connectivity index (χ0v) is 13.9. The van der Waals surface area contributed by atoms with Gasteiger partial charge < -0.3 is 15.1 Å². The summed E-state index contributed by atoms with van der Waals surface area (Å²) in [4.78, 5) is 15.3. The molecule has 1 aromatic rings. The van der Waals surface area contributed by atoms with E-state index in [0.717, 1.165) is 10.2 Å². The Kier molecular flexibility index (Phi) is 4.73. The Morgan fingerprint density at radius 3 is 2.52 bits per heavy atom. The van der Waals surface area contributed by atoms with Crippen molar-refractivity contribution in [1.29, 1.82) is 5.26 Å². The lowest BCUT2D eigenvalue weighted by Gasteiger charge is -2.39.